The fraction of sp³-hybridized carbons (Fsp3) is 0.500. The number of furan rings is 1. The molecular formula is C8H11NOS. The summed E-state index contributed by atoms with van der Waals surface area (Å²) in [6, 6.07) is 4.06. The number of nitrogens with one attached hydrogen (secondary N) is 1. The third-order valence-corrected chi connectivity index (χ3v) is 2.91. The number of rotatable bonds is 1. The number of hydrogen-bond donors (Lipinski definition) is 1. The summed E-state index contributed by atoms with van der Waals surface area (Å²) in [6.45, 7) is 3.07. The van der Waals surface area contributed by atoms with Gasteiger partial charge in [0.15, 0.2) is 0 Å². The van der Waals surface area contributed by atoms with Gasteiger partial charge >= 0.3 is 0 Å². The van der Waals surface area contributed by atoms with E-state index in [1.807, 2.05) is 30.8 Å². The van der Waals surface area contributed by atoms with Crippen LogP contribution in [-0.4, -0.2) is 12.3 Å². The van der Waals surface area contributed by atoms with Gasteiger partial charge in [-0.05, 0) is 19.1 Å². The molecule has 1 atom stereocenters. The van der Waals surface area contributed by atoms with E-state index >= 15 is 0 Å². The molecule has 2 nitrogen and oxygen atoms in total. The summed E-state index contributed by atoms with van der Waals surface area (Å²) in [7, 11) is 0. The first kappa shape index (κ1) is 7.25. The summed E-state index contributed by atoms with van der Waals surface area (Å²) in [5.41, 5.74) is 0. The molecule has 1 aliphatic heterocycles. The molecule has 0 bridgehead atoms. The van der Waals surface area contributed by atoms with Gasteiger partial charge < -0.3 is 4.42 Å². The zero-order valence-corrected chi connectivity index (χ0v) is 7.28. The van der Waals surface area contributed by atoms with E-state index < -0.39 is 0 Å². The highest BCUT2D eigenvalue weighted by Gasteiger charge is 2.19. The van der Waals surface area contributed by atoms with Crippen molar-refractivity contribution in [2.24, 2.45) is 0 Å². The second-order valence-electron chi connectivity index (χ2n) is 2.65. The minimum Gasteiger partial charge on any atom is -0.464 e. The fourth-order valence-electron chi connectivity index (χ4n) is 1.20. The zero-order valence-electron chi connectivity index (χ0n) is 6.46. The van der Waals surface area contributed by atoms with Gasteiger partial charge in [-0.25, -0.2) is 0 Å². The standard InChI is InChI=1S/C8H11NOS/c1-6-2-3-7(10-6)8-9-4-5-11-8/h2-3,8-9H,4-5H2,1H3/t8-/m0/s1. The van der Waals surface area contributed by atoms with Gasteiger partial charge in [-0.1, -0.05) is 0 Å². The number of hydrogen-bond acceptors (Lipinski definition) is 3. The molecule has 0 amide bonds. The SMILES string of the molecule is Cc1ccc([C@H]2NCCS2)o1. The van der Waals surface area contributed by atoms with Crippen molar-refractivity contribution in [3.05, 3.63) is 23.7 Å². The largest absolute Gasteiger partial charge is 0.464 e. The highest BCUT2D eigenvalue weighted by Crippen LogP contribution is 2.30. The molecule has 1 N–H and O–H groups in total. The Morgan fingerprint density at radius 1 is 1.64 bits per heavy atom. The Kier molecular flexibility index (Phi) is 1.92. The van der Waals surface area contributed by atoms with Crippen molar-refractivity contribution in [1.82, 2.24) is 5.32 Å². The van der Waals surface area contributed by atoms with Crippen LogP contribution in [0.5, 0.6) is 0 Å². The lowest BCUT2D eigenvalue weighted by molar-refractivity contribution is 0.466. The maximum Gasteiger partial charge on any atom is 0.131 e. The van der Waals surface area contributed by atoms with E-state index in [9.17, 15) is 0 Å². The van der Waals surface area contributed by atoms with Crippen LogP contribution in [0, 0.1) is 6.92 Å². The summed E-state index contributed by atoms with van der Waals surface area (Å²) in [5, 5.41) is 3.75. The van der Waals surface area contributed by atoms with E-state index in [1.54, 1.807) is 0 Å². The zero-order chi connectivity index (χ0) is 7.68. The van der Waals surface area contributed by atoms with Gasteiger partial charge in [0, 0.05) is 12.3 Å². The summed E-state index contributed by atoms with van der Waals surface area (Å²) < 4.78 is 5.48. The Labute approximate surface area is 70.4 Å². The molecule has 1 aromatic heterocycles. The molecule has 0 saturated carbocycles. The third kappa shape index (κ3) is 1.44. The van der Waals surface area contributed by atoms with E-state index in [2.05, 4.69) is 5.32 Å². The van der Waals surface area contributed by atoms with Crippen LogP contribution in [0.15, 0.2) is 16.5 Å². The van der Waals surface area contributed by atoms with Gasteiger partial charge in [0.25, 0.3) is 0 Å². The van der Waals surface area contributed by atoms with Crippen molar-refractivity contribution in [3.63, 3.8) is 0 Å². The highest BCUT2D eigenvalue weighted by atomic mass is 32.2. The van der Waals surface area contributed by atoms with Gasteiger partial charge in [-0.2, -0.15) is 0 Å². The Morgan fingerprint density at radius 3 is 3.09 bits per heavy atom. The average Bonchev–Trinajstić information content (AvgIpc) is 2.55. The Bertz CT molecular complexity index is 240. The van der Waals surface area contributed by atoms with Crippen molar-refractivity contribution in [3.8, 4) is 0 Å². The molecule has 1 aliphatic rings. The van der Waals surface area contributed by atoms with E-state index in [-0.39, 0.29) is 0 Å². The molecule has 1 saturated heterocycles. The van der Waals surface area contributed by atoms with Crippen LogP contribution in [-0.2, 0) is 0 Å². The number of thioether (sulfide) groups is 1. The van der Waals surface area contributed by atoms with Crippen LogP contribution >= 0.6 is 11.8 Å². The van der Waals surface area contributed by atoms with Gasteiger partial charge in [0.2, 0.25) is 0 Å². The predicted molar refractivity (Wildman–Crippen MR) is 46.6 cm³/mol. The Balaban J connectivity index is 2.15. The lowest BCUT2D eigenvalue weighted by Crippen LogP contribution is -2.11. The smallest absolute Gasteiger partial charge is 0.131 e. The molecule has 1 fully saturated rings. The molecule has 2 rings (SSSR count). The average molecular weight is 169 g/mol. The van der Waals surface area contributed by atoms with E-state index in [0.29, 0.717) is 5.37 Å². The van der Waals surface area contributed by atoms with Crippen molar-refractivity contribution < 1.29 is 4.42 Å². The Hall–Kier alpha value is -0.410. The fourth-order valence-corrected chi connectivity index (χ4v) is 2.20. The van der Waals surface area contributed by atoms with E-state index in [1.165, 1.54) is 5.75 Å². The van der Waals surface area contributed by atoms with Crippen molar-refractivity contribution >= 4 is 11.8 Å². The minimum atomic E-state index is 0.392. The molecule has 1 aromatic rings. The van der Waals surface area contributed by atoms with Crippen molar-refractivity contribution in [2.75, 3.05) is 12.3 Å². The summed E-state index contributed by atoms with van der Waals surface area (Å²) >= 11 is 1.90. The molecule has 0 aromatic carbocycles. The maximum atomic E-state index is 5.48. The first-order valence-electron chi connectivity index (χ1n) is 3.77. The summed E-state index contributed by atoms with van der Waals surface area (Å²) in [6.07, 6.45) is 0. The first-order chi connectivity index (χ1) is 5.36. The molecule has 11 heavy (non-hydrogen) atoms. The molecule has 0 spiro atoms. The van der Waals surface area contributed by atoms with Gasteiger partial charge in [-0.3, -0.25) is 5.32 Å². The topological polar surface area (TPSA) is 25.2 Å². The summed E-state index contributed by atoms with van der Waals surface area (Å²) in [4.78, 5) is 0. The Morgan fingerprint density at radius 2 is 2.55 bits per heavy atom. The van der Waals surface area contributed by atoms with Crippen LogP contribution in [0.25, 0.3) is 0 Å². The molecule has 0 radical (unpaired) electrons. The normalized spacial score (nSPS) is 24.3. The van der Waals surface area contributed by atoms with Crippen molar-refractivity contribution in [2.45, 2.75) is 12.3 Å². The minimum absolute atomic E-state index is 0.392. The van der Waals surface area contributed by atoms with Crippen LogP contribution in [0.1, 0.15) is 16.9 Å². The van der Waals surface area contributed by atoms with Crippen LogP contribution in [0.3, 0.4) is 0 Å². The molecular weight excluding hydrogens is 158 g/mol. The first-order valence-corrected chi connectivity index (χ1v) is 4.82. The second-order valence-corrected chi connectivity index (χ2v) is 3.87. The lowest BCUT2D eigenvalue weighted by atomic mass is 10.4. The van der Waals surface area contributed by atoms with Gasteiger partial charge in [-0.15, -0.1) is 11.8 Å². The van der Waals surface area contributed by atoms with Crippen LogP contribution in [0.4, 0.5) is 0 Å². The van der Waals surface area contributed by atoms with E-state index in [4.69, 9.17) is 4.42 Å². The highest BCUT2D eigenvalue weighted by molar-refractivity contribution is 7.99. The van der Waals surface area contributed by atoms with Crippen LogP contribution < -0.4 is 5.32 Å². The molecule has 2 heterocycles. The van der Waals surface area contributed by atoms with Gasteiger partial charge in [0.1, 0.15) is 16.9 Å². The third-order valence-electron chi connectivity index (χ3n) is 1.74. The summed E-state index contributed by atoms with van der Waals surface area (Å²) in [5.74, 6) is 3.24. The molecule has 0 unspecified atom stereocenters. The molecule has 0 aliphatic carbocycles. The number of aryl methyl sites for hydroxylation is 1. The maximum absolute atomic E-state index is 5.48. The molecule has 60 valence electrons. The second kappa shape index (κ2) is 2.91. The molecule has 3 heteroatoms. The van der Waals surface area contributed by atoms with E-state index in [0.717, 1.165) is 18.1 Å². The van der Waals surface area contributed by atoms with Crippen molar-refractivity contribution in [1.29, 1.82) is 0 Å². The lowest BCUT2D eigenvalue weighted by Gasteiger charge is -2.03. The predicted octanol–water partition coefficient (Wildman–Crippen LogP) is 1.92. The quantitative estimate of drug-likeness (QED) is 0.695. The van der Waals surface area contributed by atoms with Crippen LogP contribution in [0.2, 0.25) is 0 Å². The van der Waals surface area contributed by atoms with Gasteiger partial charge in [0.05, 0.1) is 0 Å². The monoisotopic (exact) mass is 169 g/mol.